The summed E-state index contributed by atoms with van der Waals surface area (Å²) in [5, 5.41) is 2.64. The maximum Gasteiger partial charge on any atom is 0.305 e. The number of hydrogen-bond donors (Lipinski definition) is 1. The van der Waals surface area contributed by atoms with Crippen LogP contribution in [0, 0.1) is 0 Å². The van der Waals surface area contributed by atoms with Crippen molar-refractivity contribution in [1.29, 1.82) is 0 Å². The van der Waals surface area contributed by atoms with E-state index in [1.54, 1.807) is 18.3 Å². The predicted molar refractivity (Wildman–Crippen MR) is 64.0 cm³/mol. The molecule has 0 aliphatic rings. The molecule has 0 aromatic carbocycles. The molecule has 1 amide bonds. The molecule has 1 heterocycles. The first-order valence-corrected chi connectivity index (χ1v) is 5.58. The minimum atomic E-state index is -0.282. The minimum absolute atomic E-state index is 0.0656. The molecule has 0 aliphatic carbocycles. The SMILES string of the molecule is COC(=O)CCCNC(=O)COc1cccnc1. The van der Waals surface area contributed by atoms with E-state index in [0.717, 1.165) is 0 Å². The average Bonchev–Trinajstić information content (AvgIpc) is 2.42. The van der Waals surface area contributed by atoms with Crippen molar-refractivity contribution in [2.45, 2.75) is 12.8 Å². The van der Waals surface area contributed by atoms with Gasteiger partial charge in [-0.3, -0.25) is 14.6 Å². The maximum atomic E-state index is 11.4. The third-order valence-corrected chi connectivity index (χ3v) is 2.11. The third-order valence-electron chi connectivity index (χ3n) is 2.11. The molecule has 1 N–H and O–H groups in total. The smallest absolute Gasteiger partial charge is 0.305 e. The van der Waals surface area contributed by atoms with E-state index < -0.39 is 0 Å². The quantitative estimate of drug-likeness (QED) is 0.565. The first kappa shape index (κ1) is 14.0. The zero-order valence-corrected chi connectivity index (χ0v) is 10.2. The van der Waals surface area contributed by atoms with Crippen LogP contribution in [0.2, 0.25) is 0 Å². The van der Waals surface area contributed by atoms with Crippen molar-refractivity contribution in [3.8, 4) is 5.75 Å². The molecule has 98 valence electrons. The summed E-state index contributed by atoms with van der Waals surface area (Å²) in [4.78, 5) is 26.0. The molecule has 0 unspecified atom stereocenters. The highest BCUT2D eigenvalue weighted by molar-refractivity contribution is 5.77. The topological polar surface area (TPSA) is 77.5 Å². The van der Waals surface area contributed by atoms with Gasteiger partial charge >= 0.3 is 5.97 Å². The van der Waals surface area contributed by atoms with E-state index >= 15 is 0 Å². The minimum Gasteiger partial charge on any atom is -0.482 e. The van der Waals surface area contributed by atoms with Crippen LogP contribution in [-0.4, -0.2) is 37.1 Å². The van der Waals surface area contributed by atoms with Crippen LogP contribution in [0.15, 0.2) is 24.5 Å². The second-order valence-corrected chi connectivity index (χ2v) is 3.51. The molecule has 0 saturated heterocycles. The summed E-state index contributed by atoms with van der Waals surface area (Å²) in [6, 6.07) is 3.45. The van der Waals surface area contributed by atoms with Gasteiger partial charge < -0.3 is 14.8 Å². The Morgan fingerprint density at radius 2 is 2.28 bits per heavy atom. The van der Waals surface area contributed by atoms with Crippen molar-refractivity contribution >= 4 is 11.9 Å². The Morgan fingerprint density at radius 3 is 2.94 bits per heavy atom. The summed E-state index contributed by atoms with van der Waals surface area (Å²) in [5.41, 5.74) is 0. The molecule has 6 nitrogen and oxygen atoms in total. The van der Waals surface area contributed by atoms with Crippen LogP contribution < -0.4 is 10.1 Å². The lowest BCUT2D eigenvalue weighted by molar-refractivity contribution is -0.140. The summed E-state index contributed by atoms with van der Waals surface area (Å²) in [7, 11) is 1.34. The van der Waals surface area contributed by atoms with Crippen LogP contribution >= 0.6 is 0 Å². The Labute approximate surface area is 105 Å². The second kappa shape index (κ2) is 8.05. The Hall–Kier alpha value is -2.11. The lowest BCUT2D eigenvalue weighted by Crippen LogP contribution is -2.30. The molecule has 0 aliphatic heterocycles. The van der Waals surface area contributed by atoms with Gasteiger partial charge in [0, 0.05) is 19.2 Å². The highest BCUT2D eigenvalue weighted by Gasteiger charge is 2.03. The highest BCUT2D eigenvalue weighted by Crippen LogP contribution is 2.05. The molecule has 0 spiro atoms. The monoisotopic (exact) mass is 252 g/mol. The summed E-state index contributed by atoms with van der Waals surface area (Å²) in [6.07, 6.45) is 4.00. The molecule has 0 atom stereocenters. The fourth-order valence-electron chi connectivity index (χ4n) is 1.19. The van der Waals surface area contributed by atoms with Crippen LogP contribution in [0.4, 0.5) is 0 Å². The normalized spacial score (nSPS) is 9.61. The molecular formula is C12H16N2O4. The van der Waals surface area contributed by atoms with E-state index in [0.29, 0.717) is 25.1 Å². The van der Waals surface area contributed by atoms with Crippen molar-refractivity contribution in [1.82, 2.24) is 10.3 Å². The lowest BCUT2D eigenvalue weighted by atomic mass is 10.3. The molecule has 0 saturated carbocycles. The molecule has 18 heavy (non-hydrogen) atoms. The van der Waals surface area contributed by atoms with E-state index in [1.165, 1.54) is 13.3 Å². The summed E-state index contributed by atoms with van der Waals surface area (Å²) >= 11 is 0. The average molecular weight is 252 g/mol. The van der Waals surface area contributed by atoms with E-state index in [-0.39, 0.29) is 18.5 Å². The van der Waals surface area contributed by atoms with Gasteiger partial charge in [0.25, 0.3) is 5.91 Å². The molecule has 0 radical (unpaired) electrons. The van der Waals surface area contributed by atoms with Gasteiger partial charge in [0.15, 0.2) is 6.61 Å². The number of nitrogens with one attached hydrogen (secondary N) is 1. The number of carbonyl (C=O) groups excluding carboxylic acids is 2. The van der Waals surface area contributed by atoms with Crippen molar-refractivity contribution in [2.24, 2.45) is 0 Å². The molecule has 0 bridgehead atoms. The standard InChI is InChI=1S/C12H16N2O4/c1-17-12(16)5-3-7-14-11(15)9-18-10-4-2-6-13-8-10/h2,4,6,8H,3,5,7,9H2,1H3,(H,14,15). The van der Waals surface area contributed by atoms with Crippen molar-refractivity contribution in [2.75, 3.05) is 20.3 Å². The zero-order chi connectivity index (χ0) is 13.2. The van der Waals surface area contributed by atoms with Gasteiger partial charge in [-0.1, -0.05) is 0 Å². The predicted octanol–water partition coefficient (Wildman–Crippen LogP) is 0.530. The van der Waals surface area contributed by atoms with E-state index in [4.69, 9.17) is 4.74 Å². The lowest BCUT2D eigenvalue weighted by Gasteiger charge is -2.06. The van der Waals surface area contributed by atoms with Gasteiger partial charge in [0.2, 0.25) is 0 Å². The number of pyridine rings is 1. The Kier molecular flexibility index (Phi) is 6.24. The highest BCUT2D eigenvalue weighted by atomic mass is 16.5. The number of rotatable bonds is 7. The van der Waals surface area contributed by atoms with Crippen molar-refractivity contribution in [3.05, 3.63) is 24.5 Å². The fraction of sp³-hybridized carbons (Fsp3) is 0.417. The number of amides is 1. The molecular weight excluding hydrogens is 236 g/mol. The molecule has 1 rings (SSSR count). The first-order chi connectivity index (χ1) is 8.72. The van der Waals surface area contributed by atoms with E-state index in [1.807, 2.05) is 0 Å². The zero-order valence-electron chi connectivity index (χ0n) is 10.2. The van der Waals surface area contributed by atoms with Crippen LogP contribution in [0.3, 0.4) is 0 Å². The fourth-order valence-corrected chi connectivity index (χ4v) is 1.19. The first-order valence-electron chi connectivity index (χ1n) is 5.58. The van der Waals surface area contributed by atoms with Gasteiger partial charge in [-0.15, -0.1) is 0 Å². The van der Waals surface area contributed by atoms with Gasteiger partial charge in [-0.25, -0.2) is 0 Å². The number of methoxy groups -OCH3 is 1. The van der Waals surface area contributed by atoms with Gasteiger partial charge in [0.1, 0.15) is 5.75 Å². The number of nitrogens with zero attached hydrogens (tertiary/aromatic N) is 1. The summed E-state index contributed by atoms with van der Waals surface area (Å²) < 4.78 is 9.68. The van der Waals surface area contributed by atoms with E-state index in [2.05, 4.69) is 15.0 Å². The summed E-state index contributed by atoms with van der Waals surface area (Å²) in [6.45, 7) is 0.355. The number of aromatic nitrogens is 1. The Morgan fingerprint density at radius 1 is 1.44 bits per heavy atom. The van der Waals surface area contributed by atoms with Crippen LogP contribution in [0.25, 0.3) is 0 Å². The molecule has 1 aromatic rings. The Bertz CT molecular complexity index is 381. The summed E-state index contributed by atoms with van der Waals surface area (Å²) in [5.74, 6) is 0.0294. The van der Waals surface area contributed by atoms with Crippen LogP contribution in [0.1, 0.15) is 12.8 Å². The molecule has 0 fully saturated rings. The Balaban J connectivity index is 2.09. The van der Waals surface area contributed by atoms with Gasteiger partial charge in [0.05, 0.1) is 13.3 Å². The van der Waals surface area contributed by atoms with Gasteiger partial charge in [-0.2, -0.15) is 0 Å². The number of carbonyl (C=O) groups is 2. The van der Waals surface area contributed by atoms with Gasteiger partial charge in [-0.05, 0) is 18.6 Å². The maximum absolute atomic E-state index is 11.4. The number of hydrogen-bond acceptors (Lipinski definition) is 5. The second-order valence-electron chi connectivity index (χ2n) is 3.51. The van der Waals surface area contributed by atoms with E-state index in [9.17, 15) is 9.59 Å². The number of ether oxygens (including phenoxy) is 2. The molecule has 1 aromatic heterocycles. The molecule has 6 heteroatoms. The largest absolute Gasteiger partial charge is 0.482 e. The van der Waals surface area contributed by atoms with Crippen LogP contribution in [-0.2, 0) is 14.3 Å². The number of esters is 1. The third kappa shape index (κ3) is 5.83. The van der Waals surface area contributed by atoms with Crippen molar-refractivity contribution < 1.29 is 19.1 Å². The van der Waals surface area contributed by atoms with Crippen LogP contribution in [0.5, 0.6) is 5.75 Å². The van der Waals surface area contributed by atoms with Crippen molar-refractivity contribution in [3.63, 3.8) is 0 Å².